The third kappa shape index (κ3) is 5.10. The second-order valence-corrected chi connectivity index (χ2v) is 8.81. The zero-order chi connectivity index (χ0) is 17.9. The molecule has 0 saturated carbocycles. The molecule has 0 amide bonds. The molecule has 0 spiro atoms. The van der Waals surface area contributed by atoms with Crippen molar-refractivity contribution in [2.75, 3.05) is 12.8 Å². The fraction of sp³-hybridized carbons (Fsp3) is 0.611. The number of hydrogen-bond acceptors (Lipinski definition) is 4. The van der Waals surface area contributed by atoms with Gasteiger partial charge in [-0.2, -0.15) is 0 Å². The van der Waals surface area contributed by atoms with Gasteiger partial charge in [0, 0.05) is 13.1 Å². The Balaban J connectivity index is 0.00000243. The highest BCUT2D eigenvalue weighted by Gasteiger charge is 2.41. The fourth-order valence-corrected chi connectivity index (χ4v) is 5.19. The van der Waals surface area contributed by atoms with E-state index in [0.717, 1.165) is 19.3 Å². The quantitative estimate of drug-likeness (QED) is 0.362. The van der Waals surface area contributed by atoms with Gasteiger partial charge in [0.15, 0.2) is 15.8 Å². The summed E-state index contributed by atoms with van der Waals surface area (Å²) in [4.78, 5) is 4.63. The fourth-order valence-electron chi connectivity index (χ4n) is 3.58. The van der Waals surface area contributed by atoms with Crippen molar-refractivity contribution in [1.29, 1.82) is 0 Å². The number of fused-ring (bicyclic) bond motifs is 2. The van der Waals surface area contributed by atoms with Crippen LogP contribution in [0.3, 0.4) is 0 Å². The van der Waals surface area contributed by atoms with Gasteiger partial charge in [-0.15, -0.1) is 24.0 Å². The molecular weight excluding hydrogens is 465 g/mol. The van der Waals surface area contributed by atoms with Crippen LogP contribution in [0.15, 0.2) is 40.2 Å². The van der Waals surface area contributed by atoms with Gasteiger partial charge in [0.25, 0.3) is 0 Å². The molecule has 0 radical (unpaired) electrons. The van der Waals surface area contributed by atoms with E-state index in [1.165, 1.54) is 0 Å². The molecule has 0 aliphatic carbocycles. The second-order valence-electron chi connectivity index (χ2n) is 6.78. The molecular formula is C18H28IN3O3S. The summed E-state index contributed by atoms with van der Waals surface area (Å²) in [7, 11) is -1.62. The molecule has 2 aliphatic heterocycles. The van der Waals surface area contributed by atoms with Crippen molar-refractivity contribution < 1.29 is 13.2 Å². The van der Waals surface area contributed by atoms with Crippen molar-refractivity contribution in [3.05, 3.63) is 30.3 Å². The smallest absolute Gasteiger partial charge is 0.191 e. The van der Waals surface area contributed by atoms with Crippen molar-refractivity contribution in [3.8, 4) is 0 Å². The molecule has 26 heavy (non-hydrogen) atoms. The molecule has 4 atom stereocenters. The van der Waals surface area contributed by atoms with E-state index in [1.807, 2.05) is 13.0 Å². The van der Waals surface area contributed by atoms with Crippen LogP contribution < -0.4 is 10.6 Å². The lowest BCUT2D eigenvalue weighted by molar-refractivity contribution is 0.0992. The molecule has 3 rings (SSSR count). The van der Waals surface area contributed by atoms with Gasteiger partial charge in [-0.1, -0.05) is 25.1 Å². The maximum atomic E-state index is 12.6. The number of aliphatic imine (C=N–C) groups is 1. The highest BCUT2D eigenvalue weighted by Crippen LogP contribution is 2.34. The second kappa shape index (κ2) is 9.36. The van der Waals surface area contributed by atoms with Crippen LogP contribution >= 0.6 is 24.0 Å². The molecule has 8 heteroatoms. The summed E-state index contributed by atoms with van der Waals surface area (Å²) in [5.41, 5.74) is 0. The molecule has 1 aromatic rings. The van der Waals surface area contributed by atoms with Crippen molar-refractivity contribution in [3.63, 3.8) is 0 Å². The Hall–Kier alpha value is -0.870. The molecule has 2 bridgehead atoms. The number of nitrogens with one attached hydrogen (secondary N) is 2. The van der Waals surface area contributed by atoms with E-state index in [1.54, 1.807) is 31.3 Å². The summed E-state index contributed by atoms with van der Waals surface area (Å²) in [6.07, 6.45) is 4.52. The molecule has 0 aromatic heterocycles. The lowest BCUT2D eigenvalue weighted by Gasteiger charge is -2.25. The predicted molar refractivity (Wildman–Crippen MR) is 114 cm³/mol. The van der Waals surface area contributed by atoms with Crippen LogP contribution in [0.4, 0.5) is 0 Å². The van der Waals surface area contributed by atoms with Gasteiger partial charge in [-0.25, -0.2) is 8.42 Å². The van der Waals surface area contributed by atoms with Crippen LogP contribution in [0.5, 0.6) is 0 Å². The SMILES string of the molecule is CCC(CS(=O)(=O)c1ccccc1)NC(=NC)NC1CC2CCC1O2.I. The van der Waals surface area contributed by atoms with Crippen LogP contribution in [0.2, 0.25) is 0 Å². The Labute approximate surface area is 173 Å². The molecule has 2 aliphatic rings. The van der Waals surface area contributed by atoms with Crippen molar-refractivity contribution in [2.24, 2.45) is 4.99 Å². The van der Waals surface area contributed by atoms with Gasteiger partial charge >= 0.3 is 0 Å². The monoisotopic (exact) mass is 493 g/mol. The number of guanidine groups is 1. The highest BCUT2D eigenvalue weighted by molar-refractivity contribution is 14.0. The average Bonchev–Trinajstić information content (AvgIpc) is 3.24. The van der Waals surface area contributed by atoms with Crippen molar-refractivity contribution in [1.82, 2.24) is 10.6 Å². The Morgan fingerprint density at radius 1 is 1.31 bits per heavy atom. The number of nitrogens with zero attached hydrogens (tertiary/aromatic N) is 1. The minimum Gasteiger partial charge on any atom is -0.373 e. The van der Waals surface area contributed by atoms with E-state index in [4.69, 9.17) is 4.74 Å². The summed E-state index contributed by atoms with van der Waals surface area (Å²) in [5.74, 6) is 0.692. The van der Waals surface area contributed by atoms with E-state index in [2.05, 4.69) is 15.6 Å². The Morgan fingerprint density at radius 2 is 2.04 bits per heavy atom. The molecule has 1 aromatic carbocycles. The molecule has 2 fully saturated rings. The first kappa shape index (κ1) is 21.4. The van der Waals surface area contributed by atoms with Gasteiger partial charge < -0.3 is 15.4 Å². The minimum absolute atomic E-state index is 0. The summed E-state index contributed by atoms with van der Waals surface area (Å²) in [6.45, 7) is 1.98. The molecule has 6 nitrogen and oxygen atoms in total. The van der Waals surface area contributed by atoms with E-state index in [0.29, 0.717) is 23.4 Å². The Morgan fingerprint density at radius 3 is 2.58 bits per heavy atom. The standard InChI is InChI=1S/C18H27N3O3S.HI/c1-3-13(12-25(22,23)15-7-5-4-6-8-15)20-18(19-2)21-16-11-14-9-10-17(16)24-14;/h4-8,13-14,16-17H,3,9-12H2,1-2H3,(H2,19,20,21);1H. The van der Waals surface area contributed by atoms with Crippen LogP contribution in [0.25, 0.3) is 0 Å². The third-order valence-corrected chi connectivity index (χ3v) is 6.84. The number of benzene rings is 1. The number of rotatable bonds is 6. The molecule has 2 saturated heterocycles. The average molecular weight is 493 g/mol. The van der Waals surface area contributed by atoms with E-state index in [-0.39, 0.29) is 47.9 Å². The topological polar surface area (TPSA) is 79.8 Å². The first-order valence-electron chi connectivity index (χ1n) is 8.95. The Bertz CT molecular complexity index is 712. The van der Waals surface area contributed by atoms with E-state index >= 15 is 0 Å². The van der Waals surface area contributed by atoms with Crippen LogP contribution in [-0.2, 0) is 14.6 Å². The molecule has 2 N–H and O–H groups in total. The lowest BCUT2D eigenvalue weighted by Crippen LogP contribution is -2.51. The Kier molecular flexibility index (Phi) is 7.72. The number of halogens is 1. The zero-order valence-electron chi connectivity index (χ0n) is 15.2. The van der Waals surface area contributed by atoms with Crippen molar-refractivity contribution >= 4 is 39.8 Å². The largest absolute Gasteiger partial charge is 0.373 e. The third-order valence-electron chi connectivity index (χ3n) is 5.01. The summed E-state index contributed by atoms with van der Waals surface area (Å²) >= 11 is 0. The van der Waals surface area contributed by atoms with Crippen molar-refractivity contribution in [2.45, 2.75) is 61.8 Å². The first-order chi connectivity index (χ1) is 12.0. The van der Waals surface area contributed by atoms with Crippen LogP contribution in [-0.4, -0.2) is 51.5 Å². The normalized spacial score (nSPS) is 26.2. The van der Waals surface area contributed by atoms with Gasteiger partial charge in [0.2, 0.25) is 0 Å². The maximum Gasteiger partial charge on any atom is 0.191 e. The molecule has 146 valence electrons. The van der Waals surface area contributed by atoms with E-state index < -0.39 is 9.84 Å². The highest BCUT2D eigenvalue weighted by atomic mass is 127. The van der Waals surface area contributed by atoms with Gasteiger partial charge in [0.1, 0.15) is 0 Å². The number of hydrogen-bond donors (Lipinski definition) is 2. The van der Waals surface area contributed by atoms with Crippen LogP contribution in [0.1, 0.15) is 32.6 Å². The lowest BCUT2D eigenvalue weighted by atomic mass is 9.96. The summed E-state index contributed by atoms with van der Waals surface area (Å²) in [6, 6.07) is 8.65. The summed E-state index contributed by atoms with van der Waals surface area (Å²) < 4.78 is 31.1. The van der Waals surface area contributed by atoms with Crippen LogP contribution in [0, 0.1) is 0 Å². The number of sulfone groups is 1. The van der Waals surface area contributed by atoms with Gasteiger partial charge in [0.05, 0.1) is 28.9 Å². The number of ether oxygens (including phenoxy) is 1. The minimum atomic E-state index is -3.33. The van der Waals surface area contributed by atoms with Gasteiger partial charge in [-0.3, -0.25) is 4.99 Å². The maximum absolute atomic E-state index is 12.6. The molecule has 4 unspecified atom stereocenters. The first-order valence-corrected chi connectivity index (χ1v) is 10.6. The molecule has 2 heterocycles. The van der Waals surface area contributed by atoms with Gasteiger partial charge in [-0.05, 0) is 37.8 Å². The zero-order valence-corrected chi connectivity index (χ0v) is 18.4. The predicted octanol–water partition coefficient (Wildman–Crippen LogP) is 2.34. The van der Waals surface area contributed by atoms with E-state index in [9.17, 15) is 8.42 Å². The summed E-state index contributed by atoms with van der Waals surface area (Å²) in [5, 5.41) is 6.68.